The second-order valence-electron chi connectivity index (χ2n) is 6.02. The number of aliphatic hydroxyl groups excluding tert-OH is 1. The molecule has 0 aliphatic rings. The fourth-order valence-corrected chi connectivity index (χ4v) is 2.47. The van der Waals surface area contributed by atoms with Crippen LogP contribution in [-0.2, 0) is 0 Å². The van der Waals surface area contributed by atoms with Gasteiger partial charge >= 0.3 is 0 Å². The molecule has 0 saturated heterocycles. The highest BCUT2D eigenvalue weighted by Crippen LogP contribution is 2.28. The average molecular weight is 299 g/mol. The molecule has 0 aliphatic heterocycles. The molecule has 20 heavy (non-hydrogen) atoms. The minimum atomic E-state index is -0.531. The SMILES string of the molecule is CC(C)CN(CCN(C)C)c1ccc(C(C)O)c(Cl)c1. The fraction of sp³-hybridized carbons (Fsp3) is 0.625. The Labute approximate surface area is 128 Å². The Balaban J connectivity index is 2.92. The fourth-order valence-electron chi connectivity index (χ4n) is 2.14. The van der Waals surface area contributed by atoms with Gasteiger partial charge in [0.25, 0.3) is 0 Å². The molecule has 4 heteroatoms. The molecule has 0 radical (unpaired) electrons. The first kappa shape index (κ1) is 17.3. The number of aliphatic hydroxyl groups is 1. The number of benzene rings is 1. The van der Waals surface area contributed by atoms with Gasteiger partial charge in [-0.1, -0.05) is 31.5 Å². The van der Waals surface area contributed by atoms with E-state index >= 15 is 0 Å². The monoisotopic (exact) mass is 298 g/mol. The summed E-state index contributed by atoms with van der Waals surface area (Å²) in [6, 6.07) is 5.93. The third kappa shape index (κ3) is 5.31. The minimum absolute atomic E-state index is 0.531. The van der Waals surface area contributed by atoms with Crippen molar-refractivity contribution in [2.45, 2.75) is 26.9 Å². The molecule has 0 bridgehead atoms. The van der Waals surface area contributed by atoms with E-state index in [4.69, 9.17) is 11.6 Å². The van der Waals surface area contributed by atoms with Crippen LogP contribution in [0.5, 0.6) is 0 Å². The van der Waals surface area contributed by atoms with Crippen molar-refractivity contribution in [2.75, 3.05) is 38.6 Å². The molecule has 1 aromatic carbocycles. The van der Waals surface area contributed by atoms with Crippen LogP contribution in [-0.4, -0.2) is 43.7 Å². The lowest BCUT2D eigenvalue weighted by atomic mass is 10.1. The van der Waals surface area contributed by atoms with E-state index < -0.39 is 6.10 Å². The number of nitrogens with zero attached hydrogens (tertiary/aromatic N) is 2. The van der Waals surface area contributed by atoms with Crippen LogP contribution in [0.1, 0.15) is 32.4 Å². The molecule has 0 heterocycles. The summed E-state index contributed by atoms with van der Waals surface area (Å²) in [4.78, 5) is 4.53. The molecular formula is C16H27ClN2O. The molecule has 1 N–H and O–H groups in total. The van der Waals surface area contributed by atoms with E-state index in [1.165, 1.54) is 0 Å². The third-order valence-electron chi connectivity index (χ3n) is 3.20. The molecule has 1 unspecified atom stereocenters. The normalized spacial score (nSPS) is 13.1. The maximum atomic E-state index is 9.65. The first-order valence-corrected chi connectivity index (χ1v) is 7.56. The number of halogens is 1. The Bertz CT molecular complexity index is 419. The lowest BCUT2D eigenvalue weighted by molar-refractivity contribution is 0.199. The third-order valence-corrected chi connectivity index (χ3v) is 3.53. The van der Waals surface area contributed by atoms with Gasteiger partial charge in [-0.25, -0.2) is 0 Å². The van der Waals surface area contributed by atoms with Crippen molar-refractivity contribution in [1.29, 1.82) is 0 Å². The molecule has 0 saturated carbocycles. The first-order valence-electron chi connectivity index (χ1n) is 7.18. The molecule has 0 aromatic heterocycles. The molecule has 1 aromatic rings. The van der Waals surface area contributed by atoms with Crippen LogP contribution in [0.3, 0.4) is 0 Å². The predicted molar refractivity (Wildman–Crippen MR) is 87.7 cm³/mol. The van der Waals surface area contributed by atoms with Crippen LogP contribution < -0.4 is 4.90 Å². The van der Waals surface area contributed by atoms with Crippen molar-refractivity contribution in [1.82, 2.24) is 4.90 Å². The zero-order chi connectivity index (χ0) is 15.3. The molecule has 0 amide bonds. The van der Waals surface area contributed by atoms with Crippen LogP contribution in [0.2, 0.25) is 5.02 Å². The van der Waals surface area contributed by atoms with E-state index in [1.807, 2.05) is 18.2 Å². The highest BCUT2D eigenvalue weighted by molar-refractivity contribution is 6.31. The van der Waals surface area contributed by atoms with Crippen molar-refractivity contribution in [3.63, 3.8) is 0 Å². The Morgan fingerprint density at radius 3 is 2.25 bits per heavy atom. The standard InChI is InChI=1S/C16H27ClN2O/c1-12(2)11-19(9-8-18(4)5)14-6-7-15(13(3)20)16(17)10-14/h6-7,10,12-13,20H,8-9,11H2,1-5H3. The van der Waals surface area contributed by atoms with Gasteiger partial charge in [-0.05, 0) is 44.6 Å². The maximum Gasteiger partial charge on any atom is 0.0776 e. The Kier molecular flexibility index (Phi) is 6.80. The zero-order valence-electron chi connectivity index (χ0n) is 13.2. The van der Waals surface area contributed by atoms with Crippen molar-refractivity contribution >= 4 is 17.3 Å². The molecule has 3 nitrogen and oxygen atoms in total. The summed E-state index contributed by atoms with van der Waals surface area (Å²) in [5, 5.41) is 10.3. The van der Waals surface area contributed by atoms with Gasteiger partial charge in [0.05, 0.1) is 6.10 Å². The number of hydrogen-bond donors (Lipinski definition) is 1. The lowest BCUT2D eigenvalue weighted by Gasteiger charge is -2.28. The van der Waals surface area contributed by atoms with Crippen LogP contribution in [0, 0.1) is 5.92 Å². The summed E-state index contributed by atoms with van der Waals surface area (Å²) >= 11 is 6.27. The first-order chi connectivity index (χ1) is 9.31. The number of hydrogen-bond acceptors (Lipinski definition) is 3. The summed E-state index contributed by atoms with van der Waals surface area (Å²) in [6.07, 6.45) is -0.531. The van der Waals surface area contributed by atoms with Crippen molar-refractivity contribution < 1.29 is 5.11 Å². The molecule has 114 valence electrons. The second-order valence-corrected chi connectivity index (χ2v) is 6.43. The quantitative estimate of drug-likeness (QED) is 0.835. The number of anilines is 1. The summed E-state index contributed by atoms with van der Waals surface area (Å²) in [5.74, 6) is 0.590. The van der Waals surface area contributed by atoms with Gasteiger partial charge in [-0.15, -0.1) is 0 Å². The molecule has 0 aliphatic carbocycles. The molecular weight excluding hydrogens is 272 g/mol. The Morgan fingerprint density at radius 2 is 1.80 bits per heavy atom. The van der Waals surface area contributed by atoms with Gasteiger partial charge in [0, 0.05) is 30.3 Å². The van der Waals surface area contributed by atoms with E-state index in [0.29, 0.717) is 10.9 Å². The van der Waals surface area contributed by atoms with Crippen molar-refractivity contribution in [2.24, 2.45) is 5.92 Å². The summed E-state index contributed by atoms with van der Waals surface area (Å²) in [7, 11) is 4.16. The summed E-state index contributed by atoms with van der Waals surface area (Å²) in [5.41, 5.74) is 1.91. The van der Waals surface area contributed by atoms with Crippen LogP contribution in [0.4, 0.5) is 5.69 Å². The molecule has 1 atom stereocenters. The maximum absolute atomic E-state index is 9.65. The lowest BCUT2D eigenvalue weighted by Crippen LogP contribution is -2.34. The molecule has 0 fully saturated rings. The molecule has 1 rings (SSSR count). The van der Waals surface area contributed by atoms with Crippen LogP contribution in [0.25, 0.3) is 0 Å². The van der Waals surface area contributed by atoms with Gasteiger partial charge < -0.3 is 14.9 Å². The highest BCUT2D eigenvalue weighted by Gasteiger charge is 2.12. The van der Waals surface area contributed by atoms with Crippen molar-refractivity contribution in [3.05, 3.63) is 28.8 Å². The zero-order valence-corrected chi connectivity index (χ0v) is 14.0. The highest BCUT2D eigenvalue weighted by atomic mass is 35.5. The Morgan fingerprint density at radius 1 is 1.15 bits per heavy atom. The Hall–Kier alpha value is -0.770. The van der Waals surface area contributed by atoms with Gasteiger partial charge in [-0.2, -0.15) is 0 Å². The summed E-state index contributed by atoms with van der Waals surface area (Å²) < 4.78 is 0. The smallest absolute Gasteiger partial charge is 0.0776 e. The summed E-state index contributed by atoms with van der Waals surface area (Å²) in [6.45, 7) is 9.14. The minimum Gasteiger partial charge on any atom is -0.389 e. The van der Waals surface area contributed by atoms with Gasteiger partial charge in [0.2, 0.25) is 0 Å². The topological polar surface area (TPSA) is 26.7 Å². The second kappa shape index (κ2) is 7.87. The van der Waals surface area contributed by atoms with Gasteiger partial charge in [0.1, 0.15) is 0 Å². The van der Waals surface area contributed by atoms with E-state index in [1.54, 1.807) is 6.92 Å². The van der Waals surface area contributed by atoms with E-state index in [-0.39, 0.29) is 0 Å². The average Bonchev–Trinajstić information content (AvgIpc) is 2.33. The van der Waals surface area contributed by atoms with E-state index in [2.05, 4.69) is 37.7 Å². The predicted octanol–water partition coefficient (Wildman–Crippen LogP) is 3.42. The van der Waals surface area contributed by atoms with Crippen LogP contribution >= 0.6 is 11.6 Å². The van der Waals surface area contributed by atoms with E-state index in [0.717, 1.165) is 30.9 Å². The van der Waals surface area contributed by atoms with Gasteiger partial charge in [0.15, 0.2) is 0 Å². The largest absolute Gasteiger partial charge is 0.389 e. The number of rotatable bonds is 7. The van der Waals surface area contributed by atoms with Crippen molar-refractivity contribution in [3.8, 4) is 0 Å². The molecule has 0 spiro atoms. The number of likely N-dealkylation sites (N-methyl/N-ethyl adjacent to an activating group) is 1. The van der Waals surface area contributed by atoms with Gasteiger partial charge in [-0.3, -0.25) is 0 Å². The van der Waals surface area contributed by atoms with E-state index in [9.17, 15) is 5.11 Å². The van der Waals surface area contributed by atoms with Crippen LogP contribution in [0.15, 0.2) is 18.2 Å².